The van der Waals surface area contributed by atoms with E-state index in [0.29, 0.717) is 5.92 Å². The summed E-state index contributed by atoms with van der Waals surface area (Å²) in [6.07, 6.45) is 11.6. The number of para-hydroxylation sites is 4. The summed E-state index contributed by atoms with van der Waals surface area (Å²) in [5, 5.41) is 27.8. The first-order chi connectivity index (χ1) is 57.7. The Hall–Kier alpha value is -10.5. The Balaban J connectivity index is 0.000000114. The van der Waals surface area contributed by atoms with E-state index >= 15 is 0 Å². The molecule has 0 amide bonds. The molecule has 16 heteroatoms. The number of hydrogen-bond acceptors (Lipinski definition) is 12. The molecule has 12 nitrogen and oxygen atoms in total. The van der Waals surface area contributed by atoms with E-state index in [1.54, 1.807) is 0 Å². The Morgan fingerprint density at radius 3 is 1.36 bits per heavy atom. The molecule has 0 unspecified atom stereocenters. The van der Waals surface area contributed by atoms with E-state index in [1.165, 1.54) is 180 Å². The van der Waals surface area contributed by atoms with Crippen LogP contribution in [0.25, 0.3) is 55.6 Å². The van der Waals surface area contributed by atoms with Crippen molar-refractivity contribution in [2.45, 2.75) is 130 Å². The fraction of sp³-hybridized carbons (Fsp3) is 0.189. The van der Waals surface area contributed by atoms with Gasteiger partial charge in [-0.25, -0.2) is 0 Å². The van der Waals surface area contributed by atoms with Crippen molar-refractivity contribution in [3.8, 4) is 55.6 Å². The van der Waals surface area contributed by atoms with Crippen molar-refractivity contribution in [2.24, 2.45) is 20.4 Å². The van der Waals surface area contributed by atoms with Gasteiger partial charge in [-0.1, -0.05) is 267 Å². The smallest absolute Gasteiger partial charge is 0.127 e. The van der Waals surface area contributed by atoms with Crippen LogP contribution in [-0.2, 0) is 104 Å². The van der Waals surface area contributed by atoms with Crippen LogP contribution in [0.2, 0.25) is 0 Å². The molecular formula is C106H90Ir4N12-8. The minimum atomic E-state index is 0. The van der Waals surface area contributed by atoms with Crippen LogP contribution in [-0.4, -0.2) is 23.3 Å². The van der Waals surface area contributed by atoms with E-state index < -0.39 is 0 Å². The molecule has 11 aliphatic rings. The SMILES string of the molecule is Cc1c[c-]c2c(c1)-c1ccc(C3CCCCC3)cc1C1=NN(c3ccccc3)[CH-]N12.Cc1ccc(N2[CH-]N3C(=N2)c2cccc4c2-c2c3[c-]ccc2C(C)(C)C4(C)C)cc1.Cc1cccc(C)c1-c1c[c-]c2c(c1)-c1ccccc1C1=NN(c3ccccc3)[CH-]N12.[Ir].[Ir].[Ir].[Ir].[c-]1cccc2c1N1[CH-]N(c3ccccc3)N=C1c1cc3c(cc1-2)CCCC3. The number of benzene rings is 13. The number of hydrazone groups is 4. The maximum Gasteiger partial charge on any atom is 0.127 e. The van der Waals surface area contributed by atoms with Gasteiger partial charge in [0.05, 0.1) is 0 Å². The first-order valence-corrected chi connectivity index (χ1v) is 41.7. The quantitative estimate of drug-likeness (QED) is 0.152. The van der Waals surface area contributed by atoms with Crippen LogP contribution in [0.5, 0.6) is 0 Å². The number of fused-ring (bicyclic) bond motifs is 22. The first kappa shape index (κ1) is 83.8. The van der Waals surface area contributed by atoms with Gasteiger partial charge < -0.3 is 39.6 Å². The molecule has 0 bridgehead atoms. The topological polar surface area (TPSA) is 75.4 Å². The molecular weight excluding hydrogens is 2210 g/mol. The van der Waals surface area contributed by atoms with Crippen LogP contribution in [0.15, 0.2) is 281 Å². The van der Waals surface area contributed by atoms with Gasteiger partial charge in [0, 0.05) is 125 Å². The van der Waals surface area contributed by atoms with Gasteiger partial charge in [0.1, 0.15) is 23.3 Å². The van der Waals surface area contributed by atoms with Crippen LogP contribution < -0.4 is 39.6 Å². The van der Waals surface area contributed by atoms with Crippen LogP contribution >= 0.6 is 0 Å². The fourth-order valence-electron chi connectivity index (χ4n) is 19.3. The van der Waals surface area contributed by atoms with E-state index in [4.69, 9.17) is 20.4 Å². The van der Waals surface area contributed by atoms with E-state index in [1.807, 2.05) is 68.6 Å². The van der Waals surface area contributed by atoms with E-state index in [0.717, 1.165) is 74.4 Å². The molecule has 8 aliphatic heterocycles. The largest absolute Gasteiger partial charge is 0.476 e. The van der Waals surface area contributed by atoms with Crippen LogP contribution in [0, 0.1) is 78.6 Å². The standard InChI is InChI=1S/C28H21N3.2C27H25N3.C24H19N3.4Ir/c1-19-9-8-10-20(2)27(19)21-15-16-26-25(17-21)23-13-6-7-14-24(23)28-29-31(18-30(26)28)22-11-4-3-5-12-22;1-17-12-14-18(15-13-17)30-16-29-22-11-7-10-21-24(22)23-19(25(29)28-30)8-6-9-20(23)26(2,3)27(21,4)5;1-19-12-15-26-24(16-19)23-14-13-21(20-8-4-2-5-9-20)17-25(23)27-28-30(18-29(26)27)22-10-6-3-7-11-22;1-2-10-19(11-3-1)27-16-26-23-13-7-6-12-20(23)21-14-17-8-4-5-9-18(17)15-22(21)24(26)25-27;;;;/h3-15,17-18H,1-2H3;6-10,12-16H,1-5H3;3,6-7,10-14,16-18,20H,2,4-5,8-9H2,1H3;1-3,6-7,10-12,14-16H,4-5,8-9H2;;;;/q4*-2;;;;. The van der Waals surface area contributed by atoms with E-state index in [9.17, 15) is 0 Å². The van der Waals surface area contributed by atoms with Crippen LogP contribution in [0.3, 0.4) is 0 Å². The second-order valence-corrected chi connectivity index (χ2v) is 33.8. The molecule has 3 aliphatic carbocycles. The van der Waals surface area contributed by atoms with Gasteiger partial charge in [-0.2, -0.15) is 105 Å². The summed E-state index contributed by atoms with van der Waals surface area (Å²) in [4.78, 5) is 8.74. The molecule has 0 aromatic heterocycles. The zero-order valence-electron chi connectivity index (χ0n) is 69.3. The molecule has 13 aromatic carbocycles. The average molecular weight is 2300 g/mol. The van der Waals surface area contributed by atoms with Crippen LogP contribution in [0.4, 0.5) is 45.5 Å². The van der Waals surface area contributed by atoms with Gasteiger partial charge in [-0.05, 0) is 159 Å². The number of aryl methyl sites for hydroxylation is 6. The minimum absolute atomic E-state index is 0. The van der Waals surface area contributed by atoms with Gasteiger partial charge in [-0.15, -0.1) is 60.1 Å². The maximum atomic E-state index is 5.03. The Morgan fingerprint density at radius 2 is 0.770 bits per heavy atom. The molecule has 1 fully saturated rings. The average Bonchev–Trinajstić information content (AvgIpc) is 0.975. The monoisotopic (exact) mass is 2300 g/mol. The first-order valence-electron chi connectivity index (χ1n) is 41.7. The van der Waals surface area contributed by atoms with Crippen molar-refractivity contribution < 1.29 is 80.4 Å². The van der Waals surface area contributed by atoms with Gasteiger partial charge in [0.2, 0.25) is 0 Å². The Kier molecular flexibility index (Phi) is 23.3. The second-order valence-electron chi connectivity index (χ2n) is 33.8. The third kappa shape index (κ3) is 14.5. The number of rotatable bonds is 6. The Morgan fingerprint density at radius 1 is 0.320 bits per heavy atom. The van der Waals surface area contributed by atoms with E-state index in [2.05, 4.69) is 338 Å². The van der Waals surface area contributed by atoms with Crippen molar-refractivity contribution in [3.05, 3.63) is 384 Å². The molecule has 8 heterocycles. The summed E-state index contributed by atoms with van der Waals surface area (Å²) < 4.78 is 0. The Bertz CT molecular complexity index is 6290. The summed E-state index contributed by atoms with van der Waals surface area (Å²) in [7, 11) is 0. The molecule has 0 spiro atoms. The fourth-order valence-corrected chi connectivity index (χ4v) is 19.3. The number of nitrogens with zero attached hydrogens (tertiary/aromatic N) is 12. The second kappa shape index (κ2) is 34.0. The zero-order chi connectivity index (χ0) is 79.7. The van der Waals surface area contributed by atoms with Crippen molar-refractivity contribution in [1.82, 2.24) is 0 Å². The normalized spacial score (nSPS) is 16.5. The van der Waals surface area contributed by atoms with Gasteiger partial charge >= 0.3 is 0 Å². The predicted octanol–water partition coefficient (Wildman–Crippen LogP) is 24.5. The molecule has 0 atom stereocenters. The molecule has 4 radical (unpaired) electrons. The van der Waals surface area contributed by atoms with Crippen molar-refractivity contribution in [2.75, 3.05) is 39.6 Å². The molecule has 0 N–H and O–H groups in total. The van der Waals surface area contributed by atoms with Crippen molar-refractivity contribution in [3.63, 3.8) is 0 Å². The van der Waals surface area contributed by atoms with Crippen molar-refractivity contribution >= 4 is 68.8 Å². The third-order valence-electron chi connectivity index (χ3n) is 26.1. The number of amidine groups is 4. The zero-order valence-corrected chi connectivity index (χ0v) is 78.9. The molecule has 618 valence electrons. The molecule has 122 heavy (non-hydrogen) atoms. The summed E-state index contributed by atoms with van der Waals surface area (Å²) in [5.74, 6) is 4.59. The molecule has 24 rings (SSSR count). The number of anilines is 8. The van der Waals surface area contributed by atoms with Gasteiger partial charge in [0.15, 0.2) is 0 Å². The third-order valence-corrected chi connectivity index (χ3v) is 26.1. The van der Waals surface area contributed by atoms with E-state index in [-0.39, 0.29) is 91.3 Å². The summed E-state index contributed by atoms with van der Waals surface area (Å²) >= 11 is 0. The summed E-state index contributed by atoms with van der Waals surface area (Å²) in [6.45, 7) is 26.4. The molecule has 1 saturated carbocycles. The summed E-state index contributed by atoms with van der Waals surface area (Å²) in [5.41, 5.74) is 38.2. The molecule has 0 saturated heterocycles. The van der Waals surface area contributed by atoms with Crippen molar-refractivity contribution in [1.29, 1.82) is 0 Å². The number of hydrogen-bond donors (Lipinski definition) is 0. The van der Waals surface area contributed by atoms with Gasteiger partial charge in [-0.3, -0.25) is 0 Å². The van der Waals surface area contributed by atoms with Crippen LogP contribution in [0.1, 0.15) is 151 Å². The predicted molar refractivity (Wildman–Crippen MR) is 485 cm³/mol. The molecule has 13 aromatic rings. The Labute approximate surface area is 772 Å². The minimum Gasteiger partial charge on any atom is -0.476 e. The maximum absolute atomic E-state index is 5.03. The summed E-state index contributed by atoms with van der Waals surface area (Å²) in [6, 6.07) is 106. The van der Waals surface area contributed by atoms with Gasteiger partial charge in [0.25, 0.3) is 0 Å².